The number of hydrogen-bond acceptors (Lipinski definition) is 30. The highest BCUT2D eigenvalue weighted by molar-refractivity contribution is 5.92. The van der Waals surface area contributed by atoms with E-state index in [0.29, 0.717) is 48.8 Å². The number of carboxylic acid groups (broad SMARTS) is 1. The molecule has 6 aromatic rings. The van der Waals surface area contributed by atoms with Crippen LogP contribution in [0.1, 0.15) is 128 Å². The van der Waals surface area contributed by atoms with Gasteiger partial charge in [0.15, 0.2) is 12.2 Å². The first kappa shape index (κ1) is 105. The number of carbonyl (C=O) groups excluding carboxylic acids is 10. The molecule has 3 heterocycles. The zero-order chi connectivity index (χ0) is 88.8. The molecule has 6 atom stereocenters. The van der Waals surface area contributed by atoms with Crippen molar-refractivity contribution in [1.29, 1.82) is 0 Å². The molecule has 0 aliphatic carbocycles. The maximum absolute atomic E-state index is 11.7. The van der Waals surface area contributed by atoms with Crippen molar-refractivity contribution in [1.82, 2.24) is 0 Å². The Hall–Kier alpha value is -12.7. The van der Waals surface area contributed by atoms with Gasteiger partial charge >= 0.3 is 53.7 Å². The van der Waals surface area contributed by atoms with Crippen LogP contribution in [-0.2, 0) is 122 Å². The summed E-state index contributed by atoms with van der Waals surface area (Å²) in [6.07, 6.45) is 2.95. The van der Waals surface area contributed by atoms with Crippen molar-refractivity contribution in [2.75, 3.05) is 79.3 Å². The lowest BCUT2D eigenvalue weighted by Gasteiger charge is -2.26. The largest absolute Gasteiger partial charge is 0.491 e. The van der Waals surface area contributed by atoms with E-state index in [9.17, 15) is 63.0 Å². The molecule has 0 radical (unpaired) electrons. The number of aldehydes is 2. The van der Waals surface area contributed by atoms with E-state index in [-0.39, 0.29) is 129 Å². The van der Waals surface area contributed by atoms with Crippen LogP contribution < -0.4 is 28.4 Å². The molecule has 3 aliphatic heterocycles. The number of carbonyl (C=O) groups is 11. The van der Waals surface area contributed by atoms with Crippen LogP contribution in [0, 0.1) is 0 Å². The molecule has 6 unspecified atom stereocenters. The Kier molecular flexibility index (Phi) is 47.0. The lowest BCUT2D eigenvalue weighted by molar-refractivity contribution is -0.306. The lowest BCUT2D eigenvalue weighted by atomic mass is 9.78. The van der Waals surface area contributed by atoms with Crippen LogP contribution in [0.2, 0.25) is 0 Å². The Labute approximate surface area is 716 Å². The van der Waals surface area contributed by atoms with Gasteiger partial charge in [-0.15, -0.1) is 0 Å². The molecule has 0 saturated carbocycles. The smallest absolute Gasteiger partial charge is 0.342 e. The van der Waals surface area contributed by atoms with E-state index in [4.69, 9.17) is 81.5 Å². The van der Waals surface area contributed by atoms with Crippen LogP contribution in [0.5, 0.6) is 34.5 Å². The van der Waals surface area contributed by atoms with Gasteiger partial charge < -0.3 is 86.5 Å². The Morgan fingerprint density at radius 2 is 0.626 bits per heavy atom. The van der Waals surface area contributed by atoms with Crippen LogP contribution >= 0.6 is 0 Å². The molecule has 3 N–H and O–H groups in total. The van der Waals surface area contributed by atoms with Crippen molar-refractivity contribution in [3.63, 3.8) is 0 Å². The van der Waals surface area contributed by atoms with Gasteiger partial charge in [-0.25, -0.2) is 33.6 Å². The molecule has 123 heavy (non-hydrogen) atoms. The Bertz CT molecular complexity index is 4050. The molecule has 3 aliphatic rings. The quantitative estimate of drug-likeness (QED) is 0.00467. The van der Waals surface area contributed by atoms with Crippen LogP contribution in [0.25, 0.3) is 0 Å². The predicted octanol–water partition coefficient (Wildman–Crippen LogP) is 11.8. The molecule has 31 nitrogen and oxygen atoms in total. The van der Waals surface area contributed by atoms with Gasteiger partial charge in [0.2, 0.25) is 0 Å². The molecule has 3 saturated heterocycles. The number of aliphatic hydroxyl groups excluding tert-OH is 2. The zero-order valence-corrected chi connectivity index (χ0v) is 68.4. The first-order valence-electron chi connectivity index (χ1n) is 38.2. The predicted molar refractivity (Wildman–Crippen MR) is 448 cm³/mol. The van der Waals surface area contributed by atoms with Gasteiger partial charge in [0.05, 0.1) is 38.9 Å². The number of ether oxygens (including phenoxy) is 13. The van der Waals surface area contributed by atoms with Crippen molar-refractivity contribution in [3.05, 3.63) is 242 Å². The number of epoxide rings is 2. The van der Waals surface area contributed by atoms with Crippen LogP contribution in [0.4, 0.5) is 0 Å². The highest BCUT2D eigenvalue weighted by atomic mass is 17.2. The molecule has 6 aromatic carbocycles. The second kappa shape index (κ2) is 55.3. The van der Waals surface area contributed by atoms with E-state index < -0.39 is 83.6 Å². The van der Waals surface area contributed by atoms with Crippen LogP contribution in [-0.4, -0.2) is 198 Å². The number of rotatable bonds is 47. The number of carboxylic acids is 1. The Balaban J connectivity index is 0.000000458. The van der Waals surface area contributed by atoms with Crippen molar-refractivity contribution in [2.45, 2.75) is 148 Å². The first-order chi connectivity index (χ1) is 57.8. The van der Waals surface area contributed by atoms with Crippen molar-refractivity contribution < 1.29 is 149 Å². The van der Waals surface area contributed by atoms with Gasteiger partial charge in [0.25, 0.3) is 0 Å². The summed E-state index contributed by atoms with van der Waals surface area (Å²) in [5, 5.41) is 27.3. The van der Waals surface area contributed by atoms with Gasteiger partial charge in [0.1, 0.15) is 138 Å². The Morgan fingerprint density at radius 1 is 0.390 bits per heavy atom. The van der Waals surface area contributed by atoms with Gasteiger partial charge in [-0.05, 0) is 106 Å². The summed E-state index contributed by atoms with van der Waals surface area (Å²) in [5.74, 6) is -1.97. The van der Waals surface area contributed by atoms with E-state index in [1.807, 2.05) is 111 Å². The maximum atomic E-state index is 11.7. The number of aliphatic hydroxyl groups is 2. The minimum atomic E-state index is -0.981. The summed E-state index contributed by atoms with van der Waals surface area (Å²) in [4.78, 5) is 138. The molecule has 0 aromatic heterocycles. The average molecular weight is 1710 g/mol. The first-order valence-corrected chi connectivity index (χ1v) is 38.2. The van der Waals surface area contributed by atoms with E-state index in [0.717, 1.165) is 77.3 Å². The number of esters is 6. The van der Waals surface area contributed by atoms with Gasteiger partial charge in [-0.2, -0.15) is 9.78 Å². The second-order valence-electron chi connectivity index (χ2n) is 28.1. The fourth-order valence-electron chi connectivity index (χ4n) is 10.1. The number of cyclic esters (lactones) is 2. The number of aliphatic carboxylic acids is 1. The van der Waals surface area contributed by atoms with E-state index in [1.54, 1.807) is 24.3 Å². The highest BCUT2D eigenvalue weighted by Crippen LogP contribution is 2.37. The van der Waals surface area contributed by atoms with E-state index in [2.05, 4.69) is 89.6 Å². The summed E-state index contributed by atoms with van der Waals surface area (Å²) < 4.78 is 68.1. The van der Waals surface area contributed by atoms with E-state index in [1.165, 1.54) is 11.1 Å². The zero-order valence-electron chi connectivity index (χ0n) is 68.4. The molecule has 0 amide bonds. The van der Waals surface area contributed by atoms with Gasteiger partial charge in [-0.1, -0.05) is 162 Å². The van der Waals surface area contributed by atoms with Gasteiger partial charge in [0, 0.05) is 59.5 Å². The highest BCUT2D eigenvalue weighted by Gasteiger charge is 2.30. The fourth-order valence-corrected chi connectivity index (χ4v) is 10.1. The average Bonchev–Trinajstić information content (AvgIpc) is 1.47. The number of hydrogen-bond donors (Lipinski definition) is 3. The van der Waals surface area contributed by atoms with Crippen LogP contribution in [0.15, 0.2) is 209 Å². The summed E-state index contributed by atoms with van der Waals surface area (Å²) in [6, 6.07) is 46.3. The third-order valence-corrected chi connectivity index (χ3v) is 17.6. The molecular weight excluding hydrogens is 1600 g/mol. The van der Waals surface area contributed by atoms with Crippen molar-refractivity contribution >= 4 is 66.3 Å². The van der Waals surface area contributed by atoms with E-state index >= 15 is 0 Å². The third-order valence-electron chi connectivity index (χ3n) is 17.6. The molecule has 9 rings (SSSR count). The lowest BCUT2D eigenvalue weighted by Crippen LogP contribution is -2.29. The second-order valence-corrected chi connectivity index (χ2v) is 28.1. The van der Waals surface area contributed by atoms with Gasteiger partial charge in [-0.3, -0.25) is 19.4 Å². The standard InChI is InChI=1S/C35H40O14.C27H32O8.C21H24O4.C4H4O3.C3H4O2.2CH4/c1-5-31(38)44-23-29(46-48-33(40)9-7-19-36)21-42-27-15-11-25(12-16-27)35(3,4)26-13-17-28(18-14-26)43-22-30(24-45-32(39)6-2)47-49-34(41)10-8-20-37;1-5-25(30)34-17-21(28)15-32-23-11-7-19(8-12-23)27(3,4)20-9-13-24(14-10-20)33-16-22(29)18-35-26(31)6-2;1-21(2,15-3-7-17(8-4-15)22-11-19-13-24-19)16-5-9-18(10-6-16)23-12-20-14-25-20;5-3-1-2-4(6)7-3;1-2-3(4)5;;/h5-6,11-20,29-30H,1-2,7-10,21-24H2,3-4H3;5-14,21-22,28-29H,1-2,15-18H2,3-4H3;3-10,19-20H,11-14H2,1-2H3;1-2H2;2H,1H2,(H,4,5);2*1H4. The Morgan fingerprint density at radius 3 is 0.837 bits per heavy atom. The molecule has 31 heteroatoms. The molecule has 0 spiro atoms. The molecular formula is C92H112O31. The minimum absolute atomic E-state index is 0. The monoisotopic (exact) mass is 1710 g/mol. The topological polar surface area (TPSA) is 412 Å². The summed E-state index contributed by atoms with van der Waals surface area (Å²) in [7, 11) is 0. The molecule has 3 fully saturated rings. The SMILES string of the molecule is C.C.C=CC(=O)O.C=CC(=O)OCC(COc1ccc(C(C)(C)c2ccc(OCC(COC(=O)C=C)OOC(=O)CCC=O)cc2)cc1)OOC(=O)CCC=O.C=CC(=O)OCC(O)COc1ccc(C(C)(C)c2ccc(OCC(O)COC(=O)C=C)cc2)cc1.CC(C)(c1ccc(OCC2CO2)cc1)c1ccc(OCC2CO2)cc1.O=C1CCC(=O)O1. The third kappa shape index (κ3) is 40.5. The minimum Gasteiger partial charge on any atom is -0.491 e. The molecule has 666 valence electrons. The van der Waals surface area contributed by atoms with Crippen molar-refractivity contribution in [2.24, 2.45) is 0 Å². The van der Waals surface area contributed by atoms with Crippen LogP contribution in [0.3, 0.4) is 0 Å². The number of benzene rings is 6. The summed E-state index contributed by atoms with van der Waals surface area (Å²) in [6.45, 7) is 30.7. The summed E-state index contributed by atoms with van der Waals surface area (Å²) >= 11 is 0. The van der Waals surface area contributed by atoms with Crippen molar-refractivity contribution in [3.8, 4) is 34.5 Å². The maximum Gasteiger partial charge on any atom is 0.342 e. The molecule has 0 bridgehead atoms. The normalized spacial score (nSPS) is 14.2. The summed E-state index contributed by atoms with van der Waals surface area (Å²) in [5.41, 5.74) is 5.68. The fraction of sp³-hybridized carbons (Fsp3) is 0.380.